The zero-order valence-corrected chi connectivity index (χ0v) is 17.7. The molecule has 0 spiro atoms. The minimum Gasteiger partial charge on any atom is -0.488 e. The number of amides is 1. The maximum absolute atomic E-state index is 13.0. The number of benzene rings is 3. The first-order chi connectivity index (χ1) is 14.5. The molecule has 0 fully saturated rings. The lowest BCUT2D eigenvalue weighted by Gasteiger charge is -2.12. The SMILES string of the molecule is CC1=NN(c2ccccc2)C(=O)/C1=C/c1ccccc1OCc1ccc(Cl)cc1Cl. The molecule has 3 aromatic carbocycles. The Kier molecular flexibility index (Phi) is 5.88. The van der Waals surface area contributed by atoms with Crippen LogP contribution in [-0.4, -0.2) is 11.6 Å². The molecular formula is C24H18Cl2N2O2. The number of hydrogen-bond acceptors (Lipinski definition) is 3. The fourth-order valence-corrected chi connectivity index (χ4v) is 3.57. The third kappa shape index (κ3) is 4.25. The van der Waals surface area contributed by atoms with Gasteiger partial charge in [-0.3, -0.25) is 4.79 Å². The van der Waals surface area contributed by atoms with Crippen molar-refractivity contribution in [1.82, 2.24) is 0 Å². The van der Waals surface area contributed by atoms with Crippen LogP contribution in [0.4, 0.5) is 5.69 Å². The van der Waals surface area contributed by atoms with Gasteiger partial charge in [-0.05, 0) is 43.3 Å². The highest BCUT2D eigenvalue weighted by molar-refractivity contribution is 6.35. The summed E-state index contributed by atoms with van der Waals surface area (Å²) in [5.41, 5.74) is 3.52. The van der Waals surface area contributed by atoms with Crippen molar-refractivity contribution in [2.75, 3.05) is 5.01 Å². The fourth-order valence-electron chi connectivity index (χ4n) is 3.11. The molecule has 0 atom stereocenters. The number of carbonyl (C=O) groups is 1. The van der Waals surface area contributed by atoms with Crippen LogP contribution in [0.3, 0.4) is 0 Å². The van der Waals surface area contributed by atoms with E-state index in [0.29, 0.717) is 27.1 Å². The lowest BCUT2D eigenvalue weighted by atomic mass is 10.1. The van der Waals surface area contributed by atoms with Crippen molar-refractivity contribution in [2.24, 2.45) is 5.10 Å². The second kappa shape index (κ2) is 8.74. The third-order valence-corrected chi connectivity index (χ3v) is 5.27. The van der Waals surface area contributed by atoms with E-state index in [4.69, 9.17) is 27.9 Å². The number of carbonyl (C=O) groups excluding carboxylic acids is 1. The maximum Gasteiger partial charge on any atom is 0.280 e. The van der Waals surface area contributed by atoms with Gasteiger partial charge in [0.2, 0.25) is 0 Å². The van der Waals surface area contributed by atoms with Crippen molar-refractivity contribution in [2.45, 2.75) is 13.5 Å². The largest absolute Gasteiger partial charge is 0.488 e. The number of para-hydroxylation sites is 2. The quantitative estimate of drug-likeness (QED) is 0.435. The molecule has 0 radical (unpaired) electrons. The van der Waals surface area contributed by atoms with Crippen LogP contribution < -0.4 is 9.75 Å². The molecule has 0 saturated heterocycles. The molecule has 0 aromatic heterocycles. The summed E-state index contributed by atoms with van der Waals surface area (Å²) in [5, 5.41) is 6.96. The van der Waals surface area contributed by atoms with Crippen molar-refractivity contribution in [1.29, 1.82) is 0 Å². The van der Waals surface area contributed by atoms with Gasteiger partial charge in [0.25, 0.3) is 5.91 Å². The molecule has 4 nitrogen and oxygen atoms in total. The van der Waals surface area contributed by atoms with Crippen LogP contribution in [0.25, 0.3) is 6.08 Å². The number of anilines is 1. The molecular weight excluding hydrogens is 419 g/mol. The van der Waals surface area contributed by atoms with Crippen LogP contribution in [0.15, 0.2) is 83.5 Å². The summed E-state index contributed by atoms with van der Waals surface area (Å²) in [5.74, 6) is 0.476. The molecule has 6 heteroatoms. The summed E-state index contributed by atoms with van der Waals surface area (Å²) in [6.45, 7) is 2.11. The molecule has 1 amide bonds. The van der Waals surface area contributed by atoms with Crippen molar-refractivity contribution >= 4 is 46.6 Å². The zero-order valence-electron chi connectivity index (χ0n) is 16.2. The highest BCUT2D eigenvalue weighted by atomic mass is 35.5. The first-order valence-corrected chi connectivity index (χ1v) is 10.1. The molecule has 0 bridgehead atoms. The van der Waals surface area contributed by atoms with E-state index in [9.17, 15) is 4.79 Å². The Hall–Kier alpha value is -3.08. The van der Waals surface area contributed by atoms with E-state index in [1.54, 1.807) is 12.1 Å². The summed E-state index contributed by atoms with van der Waals surface area (Å²) < 4.78 is 6.00. The highest BCUT2D eigenvalue weighted by Gasteiger charge is 2.28. The lowest BCUT2D eigenvalue weighted by molar-refractivity contribution is -0.114. The number of nitrogens with zero attached hydrogens (tertiary/aromatic N) is 2. The molecule has 0 aliphatic carbocycles. The second-order valence-corrected chi connectivity index (χ2v) is 7.60. The highest BCUT2D eigenvalue weighted by Crippen LogP contribution is 2.29. The molecule has 150 valence electrons. The second-order valence-electron chi connectivity index (χ2n) is 6.76. The van der Waals surface area contributed by atoms with Gasteiger partial charge in [-0.25, -0.2) is 0 Å². The van der Waals surface area contributed by atoms with Crippen molar-refractivity contribution in [3.05, 3.63) is 99.5 Å². The van der Waals surface area contributed by atoms with Gasteiger partial charge in [0, 0.05) is 21.2 Å². The number of hydrazone groups is 1. The van der Waals surface area contributed by atoms with Gasteiger partial charge in [-0.15, -0.1) is 0 Å². The number of halogens is 2. The van der Waals surface area contributed by atoms with Crippen molar-refractivity contribution in [3.63, 3.8) is 0 Å². The van der Waals surface area contributed by atoms with Gasteiger partial charge in [0.1, 0.15) is 12.4 Å². The van der Waals surface area contributed by atoms with Crippen LogP contribution in [0, 0.1) is 0 Å². The molecule has 0 N–H and O–H groups in total. The summed E-state index contributed by atoms with van der Waals surface area (Å²) in [4.78, 5) is 13.0. The van der Waals surface area contributed by atoms with Crippen LogP contribution in [0.5, 0.6) is 5.75 Å². The predicted octanol–water partition coefficient (Wildman–Crippen LogP) is 6.38. The van der Waals surface area contributed by atoms with E-state index in [-0.39, 0.29) is 12.5 Å². The molecule has 1 aliphatic rings. The first-order valence-electron chi connectivity index (χ1n) is 9.35. The monoisotopic (exact) mass is 436 g/mol. The van der Waals surface area contributed by atoms with E-state index in [0.717, 1.165) is 16.8 Å². The Balaban J connectivity index is 1.59. The van der Waals surface area contributed by atoms with Crippen LogP contribution in [0.2, 0.25) is 10.0 Å². The standard InChI is InChI=1S/C24H18Cl2N2O2/c1-16-21(24(29)28(27-16)20-8-3-2-4-9-20)13-17-7-5-6-10-23(17)30-15-18-11-12-19(25)14-22(18)26/h2-14H,15H2,1H3/b21-13+. The Morgan fingerprint density at radius 1 is 1.00 bits per heavy atom. The van der Waals surface area contributed by atoms with Crippen LogP contribution in [-0.2, 0) is 11.4 Å². The van der Waals surface area contributed by atoms with E-state index in [1.165, 1.54) is 5.01 Å². The van der Waals surface area contributed by atoms with Gasteiger partial charge in [-0.2, -0.15) is 10.1 Å². The third-order valence-electron chi connectivity index (χ3n) is 4.68. The summed E-state index contributed by atoms with van der Waals surface area (Å²) in [7, 11) is 0. The molecule has 3 aromatic rings. The average molecular weight is 437 g/mol. The van der Waals surface area contributed by atoms with Gasteiger partial charge >= 0.3 is 0 Å². The van der Waals surface area contributed by atoms with E-state index in [1.807, 2.05) is 73.7 Å². The molecule has 30 heavy (non-hydrogen) atoms. The summed E-state index contributed by atoms with van der Waals surface area (Å²) in [6.07, 6.45) is 1.81. The summed E-state index contributed by atoms with van der Waals surface area (Å²) >= 11 is 12.2. The number of rotatable bonds is 5. The van der Waals surface area contributed by atoms with Gasteiger partial charge in [-0.1, -0.05) is 65.7 Å². The molecule has 0 saturated carbocycles. The average Bonchev–Trinajstić information content (AvgIpc) is 3.03. The van der Waals surface area contributed by atoms with Gasteiger partial charge < -0.3 is 4.74 Å². The Labute approximate surface area is 185 Å². The minimum absolute atomic E-state index is 0.172. The Morgan fingerprint density at radius 2 is 1.73 bits per heavy atom. The van der Waals surface area contributed by atoms with Gasteiger partial charge in [0.15, 0.2) is 0 Å². The smallest absolute Gasteiger partial charge is 0.280 e. The lowest BCUT2D eigenvalue weighted by Crippen LogP contribution is -2.21. The summed E-state index contributed by atoms with van der Waals surface area (Å²) in [6, 6.07) is 22.2. The van der Waals surface area contributed by atoms with Crippen LogP contribution in [0.1, 0.15) is 18.1 Å². The van der Waals surface area contributed by atoms with Crippen LogP contribution >= 0.6 is 23.2 Å². The topological polar surface area (TPSA) is 41.9 Å². The first kappa shape index (κ1) is 20.2. The normalized spacial score (nSPS) is 14.9. The fraction of sp³-hybridized carbons (Fsp3) is 0.0833. The molecule has 4 rings (SSSR count). The number of hydrogen-bond donors (Lipinski definition) is 0. The zero-order chi connectivity index (χ0) is 21.1. The number of ether oxygens (including phenoxy) is 1. The maximum atomic E-state index is 13.0. The molecule has 1 heterocycles. The Morgan fingerprint density at radius 3 is 2.50 bits per heavy atom. The van der Waals surface area contributed by atoms with Crippen molar-refractivity contribution < 1.29 is 9.53 Å². The van der Waals surface area contributed by atoms with E-state index in [2.05, 4.69) is 5.10 Å². The molecule has 1 aliphatic heterocycles. The predicted molar refractivity (Wildman–Crippen MR) is 122 cm³/mol. The van der Waals surface area contributed by atoms with E-state index < -0.39 is 0 Å². The van der Waals surface area contributed by atoms with Crippen molar-refractivity contribution in [3.8, 4) is 5.75 Å². The minimum atomic E-state index is -0.172. The van der Waals surface area contributed by atoms with Gasteiger partial charge in [0.05, 0.1) is 17.0 Å². The Bertz CT molecular complexity index is 1160. The molecule has 0 unspecified atom stereocenters. The van der Waals surface area contributed by atoms with E-state index >= 15 is 0 Å².